The Hall–Kier alpha value is -3.91. The predicted molar refractivity (Wildman–Crippen MR) is 161 cm³/mol. The minimum atomic E-state index is -3.81. The summed E-state index contributed by atoms with van der Waals surface area (Å²) in [4.78, 5) is 29.5. The summed E-state index contributed by atoms with van der Waals surface area (Å²) < 4.78 is 34.6. The number of amides is 1. The van der Waals surface area contributed by atoms with Crippen LogP contribution in [0.1, 0.15) is 35.2 Å². The van der Waals surface area contributed by atoms with Crippen LogP contribution in [0.25, 0.3) is 11.2 Å². The quantitative estimate of drug-likeness (QED) is 0.188. The van der Waals surface area contributed by atoms with Crippen molar-refractivity contribution in [1.82, 2.24) is 29.1 Å². The SMILES string of the molecule is COCCNS(=O)(=O)c1cccc(C(=O)Nc2nc(NCCCN3CCCC3)c3ncn(Cc4ccccc4)c3n2)c1. The van der Waals surface area contributed by atoms with Crippen molar-refractivity contribution in [2.45, 2.75) is 30.7 Å². The maximum Gasteiger partial charge on any atom is 0.258 e. The Morgan fingerprint density at radius 2 is 1.83 bits per heavy atom. The molecular weight excluding hydrogens is 556 g/mol. The molecule has 0 aliphatic carbocycles. The lowest BCUT2D eigenvalue weighted by molar-refractivity contribution is 0.102. The van der Waals surface area contributed by atoms with E-state index in [1.165, 1.54) is 38.2 Å². The first-order valence-electron chi connectivity index (χ1n) is 14.1. The third-order valence-electron chi connectivity index (χ3n) is 7.03. The highest BCUT2D eigenvalue weighted by Crippen LogP contribution is 2.23. The van der Waals surface area contributed by atoms with Gasteiger partial charge in [0, 0.05) is 25.8 Å². The van der Waals surface area contributed by atoms with Crippen LogP contribution in [0.15, 0.2) is 65.8 Å². The average molecular weight is 593 g/mol. The summed E-state index contributed by atoms with van der Waals surface area (Å²) in [5.74, 6) is 0.0930. The van der Waals surface area contributed by atoms with Crippen molar-refractivity contribution in [3.05, 3.63) is 72.1 Å². The Labute approximate surface area is 245 Å². The highest BCUT2D eigenvalue weighted by atomic mass is 32.2. The van der Waals surface area contributed by atoms with Gasteiger partial charge in [-0.25, -0.2) is 18.1 Å². The Bertz CT molecular complexity index is 1600. The molecule has 12 nitrogen and oxygen atoms in total. The monoisotopic (exact) mass is 592 g/mol. The van der Waals surface area contributed by atoms with Crippen molar-refractivity contribution < 1.29 is 17.9 Å². The van der Waals surface area contributed by atoms with E-state index in [9.17, 15) is 13.2 Å². The van der Waals surface area contributed by atoms with Gasteiger partial charge in [0.15, 0.2) is 17.0 Å². The number of methoxy groups -OCH3 is 1. The topological polar surface area (TPSA) is 143 Å². The molecule has 2 aromatic carbocycles. The minimum Gasteiger partial charge on any atom is -0.383 e. The fourth-order valence-corrected chi connectivity index (χ4v) is 5.93. The van der Waals surface area contributed by atoms with Gasteiger partial charge in [0.05, 0.1) is 24.4 Å². The van der Waals surface area contributed by atoms with E-state index in [1.807, 2.05) is 34.9 Å². The van der Waals surface area contributed by atoms with Gasteiger partial charge in [-0.1, -0.05) is 36.4 Å². The van der Waals surface area contributed by atoms with Crippen LogP contribution in [0.4, 0.5) is 11.8 Å². The number of sulfonamides is 1. The number of likely N-dealkylation sites (tertiary alicyclic amines) is 1. The maximum absolute atomic E-state index is 13.2. The molecule has 222 valence electrons. The van der Waals surface area contributed by atoms with E-state index < -0.39 is 15.9 Å². The molecule has 3 heterocycles. The summed E-state index contributed by atoms with van der Waals surface area (Å²) in [6.45, 7) is 4.88. The van der Waals surface area contributed by atoms with E-state index >= 15 is 0 Å². The smallest absolute Gasteiger partial charge is 0.258 e. The van der Waals surface area contributed by atoms with Crippen LogP contribution in [-0.2, 0) is 21.3 Å². The number of aromatic nitrogens is 4. The molecule has 42 heavy (non-hydrogen) atoms. The second-order valence-electron chi connectivity index (χ2n) is 10.1. The number of rotatable bonds is 14. The van der Waals surface area contributed by atoms with Gasteiger partial charge in [-0.3, -0.25) is 10.1 Å². The second-order valence-corrected chi connectivity index (χ2v) is 11.9. The van der Waals surface area contributed by atoms with Gasteiger partial charge < -0.3 is 19.5 Å². The molecule has 0 radical (unpaired) electrons. The molecule has 2 aromatic heterocycles. The number of benzene rings is 2. The van der Waals surface area contributed by atoms with Gasteiger partial charge in [-0.2, -0.15) is 9.97 Å². The zero-order valence-corrected chi connectivity index (χ0v) is 24.4. The van der Waals surface area contributed by atoms with Crippen LogP contribution in [0, 0.1) is 0 Å². The molecule has 0 unspecified atom stereocenters. The fourth-order valence-electron chi connectivity index (χ4n) is 4.87. The van der Waals surface area contributed by atoms with Gasteiger partial charge in [0.1, 0.15) is 0 Å². The first-order valence-corrected chi connectivity index (χ1v) is 15.5. The van der Waals surface area contributed by atoms with E-state index in [4.69, 9.17) is 4.74 Å². The van der Waals surface area contributed by atoms with E-state index in [-0.39, 0.29) is 29.6 Å². The number of anilines is 2. The van der Waals surface area contributed by atoms with Crippen LogP contribution < -0.4 is 15.4 Å². The molecule has 3 N–H and O–H groups in total. The van der Waals surface area contributed by atoms with Crippen molar-refractivity contribution >= 4 is 38.9 Å². The molecule has 13 heteroatoms. The molecule has 1 aliphatic heterocycles. The van der Waals surface area contributed by atoms with E-state index in [1.54, 1.807) is 12.4 Å². The lowest BCUT2D eigenvalue weighted by Crippen LogP contribution is -2.27. The fraction of sp³-hybridized carbons (Fsp3) is 0.379. The molecule has 5 rings (SSSR count). The summed E-state index contributed by atoms with van der Waals surface area (Å²) in [5, 5.41) is 6.14. The number of nitrogens with one attached hydrogen (secondary N) is 3. The Balaban J connectivity index is 1.37. The van der Waals surface area contributed by atoms with Crippen LogP contribution in [0.5, 0.6) is 0 Å². The maximum atomic E-state index is 13.2. The van der Waals surface area contributed by atoms with E-state index in [2.05, 4.69) is 35.2 Å². The van der Waals surface area contributed by atoms with Crippen molar-refractivity contribution in [3.63, 3.8) is 0 Å². The molecule has 0 bridgehead atoms. The summed E-state index contributed by atoms with van der Waals surface area (Å²) in [6.07, 6.45) is 5.16. The minimum absolute atomic E-state index is 0.0241. The Morgan fingerprint density at radius 3 is 2.62 bits per heavy atom. The summed E-state index contributed by atoms with van der Waals surface area (Å²) in [5.41, 5.74) is 2.43. The summed E-state index contributed by atoms with van der Waals surface area (Å²) in [6, 6.07) is 15.8. The highest BCUT2D eigenvalue weighted by molar-refractivity contribution is 7.89. The summed E-state index contributed by atoms with van der Waals surface area (Å²) >= 11 is 0. The molecule has 1 saturated heterocycles. The van der Waals surface area contributed by atoms with Crippen molar-refractivity contribution in [2.24, 2.45) is 0 Å². The van der Waals surface area contributed by atoms with Gasteiger partial charge >= 0.3 is 0 Å². The molecule has 4 aromatic rings. The largest absolute Gasteiger partial charge is 0.383 e. The first-order chi connectivity index (χ1) is 20.4. The van der Waals surface area contributed by atoms with Crippen LogP contribution in [-0.4, -0.2) is 85.2 Å². The molecule has 0 spiro atoms. The van der Waals surface area contributed by atoms with E-state index in [0.29, 0.717) is 30.1 Å². The zero-order valence-electron chi connectivity index (χ0n) is 23.6. The first kappa shape index (κ1) is 29.6. The third-order valence-corrected chi connectivity index (χ3v) is 8.49. The number of carbonyl (C=O) groups excluding carboxylic acids is 1. The predicted octanol–water partition coefficient (Wildman–Crippen LogP) is 2.95. The standard InChI is InChI=1S/C29H36N8O4S/c1-41-18-14-32-42(39,40)24-12-7-11-23(19-24)28(38)35-29-33-26(30-13-8-17-36-15-5-6-16-36)25-27(34-29)37(21-31-25)20-22-9-3-2-4-10-22/h2-4,7,9-12,19,21,32H,5-6,8,13-18,20H2,1H3,(H2,30,33,34,35,38). The van der Waals surface area contributed by atoms with Gasteiger partial charge in [-0.05, 0) is 62.7 Å². The number of imidazole rings is 1. The van der Waals surface area contributed by atoms with Crippen LogP contribution in [0.2, 0.25) is 0 Å². The van der Waals surface area contributed by atoms with Gasteiger partial charge in [0.2, 0.25) is 16.0 Å². The number of ether oxygens (including phenoxy) is 1. The normalized spacial score (nSPS) is 13.9. The van der Waals surface area contributed by atoms with Crippen molar-refractivity contribution in [2.75, 3.05) is 57.1 Å². The highest BCUT2D eigenvalue weighted by Gasteiger charge is 2.19. The molecule has 0 atom stereocenters. The zero-order chi connectivity index (χ0) is 29.4. The molecular formula is C29H36N8O4S. The molecule has 1 fully saturated rings. The Morgan fingerprint density at radius 1 is 1.02 bits per heavy atom. The third kappa shape index (κ3) is 7.48. The second kappa shape index (κ2) is 13.8. The average Bonchev–Trinajstić information content (AvgIpc) is 3.66. The molecule has 1 amide bonds. The lowest BCUT2D eigenvalue weighted by atomic mass is 10.2. The van der Waals surface area contributed by atoms with Crippen molar-refractivity contribution in [3.8, 4) is 0 Å². The number of carbonyl (C=O) groups is 1. The van der Waals surface area contributed by atoms with Crippen LogP contribution >= 0.6 is 0 Å². The van der Waals surface area contributed by atoms with Gasteiger partial charge in [0.25, 0.3) is 5.91 Å². The number of hydrogen-bond donors (Lipinski definition) is 3. The summed E-state index contributed by atoms with van der Waals surface area (Å²) in [7, 11) is -2.32. The Kier molecular flexibility index (Phi) is 9.74. The number of fused-ring (bicyclic) bond motifs is 1. The van der Waals surface area contributed by atoms with Gasteiger partial charge in [-0.15, -0.1) is 0 Å². The van der Waals surface area contributed by atoms with E-state index in [0.717, 1.165) is 31.6 Å². The molecule has 1 aliphatic rings. The lowest BCUT2D eigenvalue weighted by Gasteiger charge is -2.15. The van der Waals surface area contributed by atoms with Crippen molar-refractivity contribution in [1.29, 1.82) is 0 Å². The number of nitrogens with zero attached hydrogens (tertiary/aromatic N) is 5. The molecule has 0 saturated carbocycles. The van der Waals surface area contributed by atoms with Crippen LogP contribution in [0.3, 0.4) is 0 Å². The number of hydrogen-bond acceptors (Lipinski definition) is 9.